The second kappa shape index (κ2) is 12.5. The lowest BCUT2D eigenvalue weighted by atomic mass is 9.92. The number of carbonyl (C=O) groups excluding carboxylic acids is 2. The normalized spacial score (nSPS) is 21.8. The van der Waals surface area contributed by atoms with Crippen molar-refractivity contribution >= 4 is 65.0 Å². The summed E-state index contributed by atoms with van der Waals surface area (Å²) in [7, 11) is -3.10. The fraction of sp³-hybridized carbons (Fsp3) is 0.344. The zero-order chi connectivity index (χ0) is 32.6. The predicted octanol–water partition coefficient (Wildman–Crippen LogP) is 4.47. The summed E-state index contributed by atoms with van der Waals surface area (Å²) in [5, 5.41) is 1.55. The van der Waals surface area contributed by atoms with Crippen molar-refractivity contribution < 1.29 is 28.2 Å². The molecule has 1 saturated heterocycles. The molecule has 4 aromatic rings. The van der Waals surface area contributed by atoms with Crippen LogP contribution in [0.1, 0.15) is 40.8 Å². The smallest absolute Gasteiger partial charge is 0.304 e. The monoisotopic (exact) mass is 666 g/mol. The van der Waals surface area contributed by atoms with E-state index in [2.05, 4.69) is 65.9 Å². The Morgan fingerprint density at radius 2 is 1.62 bits per heavy atom. The highest BCUT2D eigenvalue weighted by molar-refractivity contribution is 6.99. The topological polar surface area (TPSA) is 115 Å². The van der Waals surface area contributed by atoms with E-state index in [1.165, 1.54) is 24.7 Å². The Morgan fingerprint density at radius 3 is 2.13 bits per heavy atom. The number of imidazole rings is 1. The maximum absolute atomic E-state index is 12.6. The van der Waals surface area contributed by atoms with Crippen LogP contribution in [0.4, 0.5) is 0 Å². The molecule has 5 rings (SSSR count). The number of esters is 2. The maximum Gasteiger partial charge on any atom is 0.304 e. The van der Waals surface area contributed by atoms with E-state index in [1.807, 2.05) is 36.4 Å². The molecule has 0 saturated carbocycles. The number of aromatic nitrogens is 4. The number of hydrogen-bond acceptors (Lipinski definition) is 9. The van der Waals surface area contributed by atoms with Gasteiger partial charge in [-0.2, -0.15) is 4.98 Å². The molecule has 1 aliphatic rings. The summed E-state index contributed by atoms with van der Waals surface area (Å²) in [5.74, 6) is 1.23. The summed E-state index contributed by atoms with van der Waals surface area (Å²) >= 11 is 12.4. The first-order valence-electron chi connectivity index (χ1n) is 14.1. The third-order valence-electron chi connectivity index (χ3n) is 7.79. The second-order valence-corrected chi connectivity index (χ2v) is 16.7. The molecule has 0 spiro atoms. The minimum Gasteiger partial charge on any atom is -0.452 e. The van der Waals surface area contributed by atoms with E-state index >= 15 is 0 Å². The number of nitrogens with zero attached hydrogens (tertiary/aromatic N) is 4. The number of carbonyl (C=O) groups is 2. The Balaban J connectivity index is 1.66. The lowest BCUT2D eigenvalue weighted by Crippen LogP contribution is -2.67. The molecule has 13 heteroatoms. The van der Waals surface area contributed by atoms with Gasteiger partial charge in [0.2, 0.25) is 17.0 Å². The zero-order valence-corrected chi connectivity index (χ0v) is 27.9. The van der Waals surface area contributed by atoms with Gasteiger partial charge < -0.3 is 18.6 Å². The molecule has 2 aromatic heterocycles. The van der Waals surface area contributed by atoms with Crippen LogP contribution in [0.3, 0.4) is 0 Å². The van der Waals surface area contributed by atoms with Gasteiger partial charge in [0.25, 0.3) is 8.32 Å². The van der Waals surface area contributed by atoms with Gasteiger partial charge in [0.15, 0.2) is 17.0 Å². The molecule has 3 heterocycles. The molecule has 2 aromatic carbocycles. The number of terminal acetylenes is 1. The predicted molar refractivity (Wildman–Crippen MR) is 172 cm³/mol. The van der Waals surface area contributed by atoms with Crippen molar-refractivity contribution in [2.45, 2.75) is 63.7 Å². The summed E-state index contributed by atoms with van der Waals surface area (Å²) in [6, 6.07) is 20.0. The number of benzene rings is 2. The summed E-state index contributed by atoms with van der Waals surface area (Å²) in [5.41, 5.74) is -1.47. The zero-order valence-electron chi connectivity index (χ0n) is 25.4. The van der Waals surface area contributed by atoms with Gasteiger partial charge in [-0.1, -0.05) is 99.0 Å². The van der Waals surface area contributed by atoms with Crippen molar-refractivity contribution in [3.8, 4) is 12.3 Å². The van der Waals surface area contributed by atoms with E-state index in [9.17, 15) is 9.59 Å². The average molecular weight is 668 g/mol. The van der Waals surface area contributed by atoms with Gasteiger partial charge in [-0.05, 0) is 27.0 Å². The number of hydrogen-bond donors (Lipinski definition) is 0. The quantitative estimate of drug-likeness (QED) is 0.0883. The lowest BCUT2D eigenvalue weighted by Gasteiger charge is -2.44. The standard InChI is InChI=1S/C32H32Cl2N4O6Si/c1-7-32(44-21(3)40)24(18-41-45(31(4,5)6,22-14-10-8-11-15-22)23-16-12-9-13-17-23)43-29(26(32)42-20(2)39)38-19-35-25-27(33)36-30(34)37-28(25)38/h1,8-17,19,24,26,29H,18H2,2-6H3/t24-,26+,29-,32-/m1/s1. The SMILES string of the molecule is C#C[C@@]1(OC(C)=O)[C@@H](CO[Si](c2ccccc2)(c2ccccc2)C(C)(C)C)O[C@@H](n2cnc3c(Cl)nc(Cl)nc32)[C@@H]1OC(C)=O. The highest BCUT2D eigenvalue weighted by Crippen LogP contribution is 2.45. The van der Waals surface area contributed by atoms with Gasteiger partial charge >= 0.3 is 11.9 Å². The first-order chi connectivity index (χ1) is 21.3. The van der Waals surface area contributed by atoms with Crippen LogP contribution in [0.2, 0.25) is 15.5 Å². The highest BCUT2D eigenvalue weighted by Gasteiger charge is 2.63. The number of ether oxygens (including phenoxy) is 3. The van der Waals surface area contributed by atoms with Gasteiger partial charge in [-0.25, -0.2) is 9.97 Å². The number of rotatable bonds is 8. The van der Waals surface area contributed by atoms with Gasteiger partial charge in [-0.3, -0.25) is 14.2 Å². The molecule has 45 heavy (non-hydrogen) atoms. The maximum atomic E-state index is 12.6. The second-order valence-electron chi connectivity index (χ2n) is 11.7. The molecule has 0 aliphatic carbocycles. The minimum atomic E-state index is -3.10. The van der Waals surface area contributed by atoms with E-state index in [0.29, 0.717) is 0 Å². The van der Waals surface area contributed by atoms with Gasteiger partial charge in [0, 0.05) is 13.8 Å². The van der Waals surface area contributed by atoms with Crippen molar-refractivity contribution in [2.24, 2.45) is 0 Å². The molecule has 0 amide bonds. The van der Waals surface area contributed by atoms with E-state index in [0.717, 1.165) is 10.4 Å². The molecule has 234 valence electrons. The third kappa shape index (κ3) is 5.85. The molecule has 4 atom stereocenters. The summed E-state index contributed by atoms with van der Waals surface area (Å²) < 4.78 is 26.8. The molecular formula is C32H32Cl2N4O6Si. The van der Waals surface area contributed by atoms with Crippen molar-refractivity contribution in [3.63, 3.8) is 0 Å². The van der Waals surface area contributed by atoms with Crippen LogP contribution in [-0.2, 0) is 28.2 Å². The van der Waals surface area contributed by atoms with Crippen LogP contribution in [0.15, 0.2) is 67.0 Å². The van der Waals surface area contributed by atoms with Gasteiger partial charge in [0.1, 0.15) is 11.6 Å². The molecule has 1 aliphatic heterocycles. The Labute approximate surface area is 272 Å². The van der Waals surface area contributed by atoms with Crippen molar-refractivity contribution in [2.75, 3.05) is 6.61 Å². The van der Waals surface area contributed by atoms with Crippen LogP contribution in [-0.4, -0.2) is 64.2 Å². The van der Waals surface area contributed by atoms with Crippen LogP contribution in [0.5, 0.6) is 0 Å². The molecular weight excluding hydrogens is 635 g/mol. The van der Waals surface area contributed by atoms with Crippen molar-refractivity contribution in [3.05, 3.63) is 77.4 Å². The fourth-order valence-electron chi connectivity index (χ4n) is 6.01. The van der Waals surface area contributed by atoms with E-state index in [4.69, 9.17) is 48.3 Å². The Bertz CT molecular complexity index is 1720. The summed E-state index contributed by atoms with van der Waals surface area (Å²) in [6.07, 6.45) is 3.96. The number of halogens is 2. The van der Waals surface area contributed by atoms with Crippen molar-refractivity contribution in [1.29, 1.82) is 0 Å². The molecule has 0 N–H and O–H groups in total. The van der Waals surface area contributed by atoms with Crippen LogP contribution < -0.4 is 10.4 Å². The summed E-state index contributed by atoms with van der Waals surface area (Å²) in [4.78, 5) is 37.7. The number of fused-ring (bicyclic) bond motifs is 1. The Kier molecular flexibility index (Phi) is 9.08. The van der Waals surface area contributed by atoms with E-state index in [1.54, 1.807) is 0 Å². The molecule has 10 nitrogen and oxygen atoms in total. The van der Waals surface area contributed by atoms with E-state index in [-0.39, 0.29) is 33.2 Å². The van der Waals surface area contributed by atoms with Crippen LogP contribution in [0, 0.1) is 12.3 Å². The largest absolute Gasteiger partial charge is 0.452 e. The molecule has 1 fully saturated rings. The Hall–Kier alpha value is -3.79. The summed E-state index contributed by atoms with van der Waals surface area (Å²) in [6.45, 7) is 8.71. The van der Waals surface area contributed by atoms with Crippen molar-refractivity contribution in [1.82, 2.24) is 19.5 Å². The minimum absolute atomic E-state index is 0.0144. The fourth-order valence-corrected chi connectivity index (χ4v) is 11.0. The van der Waals surface area contributed by atoms with Crippen LogP contribution >= 0.6 is 23.2 Å². The highest BCUT2D eigenvalue weighted by atomic mass is 35.5. The third-order valence-corrected chi connectivity index (χ3v) is 13.2. The molecule has 0 bridgehead atoms. The molecule has 0 radical (unpaired) electrons. The first kappa shape index (κ1) is 32.6. The lowest BCUT2D eigenvalue weighted by molar-refractivity contribution is -0.175. The van der Waals surface area contributed by atoms with E-state index < -0.39 is 44.3 Å². The van der Waals surface area contributed by atoms with Gasteiger partial charge in [-0.15, -0.1) is 6.42 Å². The first-order valence-corrected chi connectivity index (χ1v) is 16.8. The molecule has 0 unspecified atom stereocenters. The Morgan fingerprint density at radius 1 is 1.02 bits per heavy atom. The van der Waals surface area contributed by atoms with Gasteiger partial charge in [0.05, 0.1) is 12.9 Å². The average Bonchev–Trinajstić information content (AvgIpc) is 3.52. The van der Waals surface area contributed by atoms with Crippen LogP contribution in [0.25, 0.3) is 11.2 Å².